The maximum absolute atomic E-state index is 12.9. The van der Waals surface area contributed by atoms with Gasteiger partial charge in [-0.3, -0.25) is 4.79 Å². The van der Waals surface area contributed by atoms with Crippen molar-refractivity contribution >= 4 is 17.5 Å². The highest BCUT2D eigenvalue weighted by Crippen LogP contribution is 2.38. The molecular weight excluding hydrogens is 342 g/mol. The van der Waals surface area contributed by atoms with Crippen molar-refractivity contribution in [3.63, 3.8) is 0 Å². The van der Waals surface area contributed by atoms with Gasteiger partial charge in [0.05, 0.1) is 31.3 Å². The molecule has 0 spiro atoms. The van der Waals surface area contributed by atoms with Gasteiger partial charge >= 0.3 is 0 Å². The predicted octanol–water partition coefficient (Wildman–Crippen LogP) is 3.07. The van der Waals surface area contributed by atoms with E-state index in [0.717, 1.165) is 51.0 Å². The Morgan fingerprint density at radius 1 is 1.16 bits per heavy atom. The second-order valence-electron chi connectivity index (χ2n) is 7.05. The number of piperidine rings is 1. The quantitative estimate of drug-likeness (QED) is 0.808. The van der Waals surface area contributed by atoms with Crippen molar-refractivity contribution in [1.29, 1.82) is 0 Å². The van der Waals surface area contributed by atoms with Crippen LogP contribution in [0, 0.1) is 5.92 Å². The topological polar surface area (TPSA) is 48.0 Å². The van der Waals surface area contributed by atoms with Crippen LogP contribution in [-0.2, 0) is 16.0 Å². The lowest BCUT2D eigenvalue weighted by molar-refractivity contribution is -0.139. The van der Waals surface area contributed by atoms with Crippen LogP contribution in [0.25, 0.3) is 0 Å². The van der Waals surface area contributed by atoms with Gasteiger partial charge in [0.25, 0.3) is 0 Å². The van der Waals surface area contributed by atoms with Gasteiger partial charge in [0.1, 0.15) is 0 Å². The largest absolute Gasteiger partial charge is 0.489 e. The fraction of sp³-hybridized carbons (Fsp3) is 0.632. The highest BCUT2D eigenvalue weighted by Gasteiger charge is 2.36. The fourth-order valence-electron chi connectivity index (χ4n) is 4.13. The number of hydrogen-bond donors (Lipinski definition) is 0. The molecule has 2 fully saturated rings. The zero-order valence-electron chi connectivity index (χ0n) is 14.3. The maximum Gasteiger partial charge on any atom is 0.227 e. The molecule has 6 heteroatoms. The Kier molecular flexibility index (Phi) is 5.04. The maximum atomic E-state index is 12.9. The van der Waals surface area contributed by atoms with E-state index >= 15 is 0 Å². The van der Waals surface area contributed by atoms with Crippen molar-refractivity contribution in [3.05, 3.63) is 22.7 Å². The summed E-state index contributed by atoms with van der Waals surface area (Å²) in [5.74, 6) is 1.90. The number of carbonyl (C=O) groups is 1. The van der Waals surface area contributed by atoms with Crippen molar-refractivity contribution in [2.45, 2.75) is 38.1 Å². The van der Waals surface area contributed by atoms with Crippen LogP contribution in [0.1, 0.15) is 31.2 Å². The Morgan fingerprint density at radius 2 is 2.04 bits per heavy atom. The van der Waals surface area contributed by atoms with Crippen molar-refractivity contribution in [3.8, 4) is 11.5 Å². The molecule has 0 N–H and O–H groups in total. The number of benzene rings is 1. The van der Waals surface area contributed by atoms with Gasteiger partial charge in [-0.1, -0.05) is 11.6 Å². The molecule has 136 valence electrons. The average Bonchev–Trinajstić information content (AvgIpc) is 2.87. The monoisotopic (exact) mass is 365 g/mol. The first-order chi connectivity index (χ1) is 12.2. The molecule has 4 rings (SSSR count). The first-order valence-corrected chi connectivity index (χ1v) is 9.55. The summed E-state index contributed by atoms with van der Waals surface area (Å²) in [7, 11) is 0. The number of ether oxygens (including phenoxy) is 3. The van der Waals surface area contributed by atoms with Crippen LogP contribution in [-0.4, -0.2) is 49.8 Å². The van der Waals surface area contributed by atoms with E-state index in [1.165, 1.54) is 0 Å². The third-order valence-corrected chi connectivity index (χ3v) is 5.63. The van der Waals surface area contributed by atoms with Gasteiger partial charge in [0, 0.05) is 31.5 Å². The lowest BCUT2D eigenvalue weighted by Crippen LogP contribution is -2.52. The van der Waals surface area contributed by atoms with Crippen LogP contribution >= 0.6 is 11.6 Å². The Bertz CT molecular complexity index is 649. The van der Waals surface area contributed by atoms with E-state index in [9.17, 15) is 4.79 Å². The molecule has 0 saturated carbocycles. The standard InChI is InChI=1S/C19H24ClNO4/c20-15-9-13(10-17-19(15)25-7-2-6-24-17)11-18(22)21-5-1-3-14-12-23-8-4-16(14)21/h9-10,14,16H,1-8,11-12H2/t14-,16-/m1/s1. The van der Waals surface area contributed by atoms with Crippen LogP contribution in [0.4, 0.5) is 0 Å². The smallest absolute Gasteiger partial charge is 0.227 e. The Hall–Kier alpha value is -1.46. The van der Waals surface area contributed by atoms with Crippen LogP contribution in [0.5, 0.6) is 11.5 Å². The Balaban J connectivity index is 1.50. The minimum atomic E-state index is 0.169. The molecule has 2 atom stereocenters. The predicted molar refractivity (Wildman–Crippen MR) is 94.4 cm³/mol. The fourth-order valence-corrected chi connectivity index (χ4v) is 4.42. The van der Waals surface area contributed by atoms with Crippen LogP contribution < -0.4 is 9.47 Å². The Morgan fingerprint density at radius 3 is 2.96 bits per heavy atom. The van der Waals surface area contributed by atoms with Gasteiger partial charge < -0.3 is 19.1 Å². The zero-order chi connectivity index (χ0) is 17.2. The zero-order valence-corrected chi connectivity index (χ0v) is 15.1. The molecular formula is C19H24ClNO4. The summed E-state index contributed by atoms with van der Waals surface area (Å²) in [5.41, 5.74) is 0.883. The lowest BCUT2D eigenvalue weighted by atomic mass is 9.86. The number of amides is 1. The summed E-state index contributed by atoms with van der Waals surface area (Å²) in [6.45, 7) is 3.59. The third kappa shape index (κ3) is 3.58. The van der Waals surface area contributed by atoms with Gasteiger partial charge in [0.15, 0.2) is 11.5 Å². The van der Waals surface area contributed by atoms with E-state index in [1.807, 2.05) is 12.1 Å². The molecule has 0 bridgehead atoms. The summed E-state index contributed by atoms with van der Waals surface area (Å²) >= 11 is 6.35. The molecule has 1 amide bonds. The first-order valence-electron chi connectivity index (χ1n) is 9.17. The van der Waals surface area contributed by atoms with Crippen molar-refractivity contribution in [1.82, 2.24) is 4.90 Å². The average molecular weight is 366 g/mol. The van der Waals surface area contributed by atoms with E-state index in [2.05, 4.69) is 4.90 Å². The van der Waals surface area contributed by atoms with Crippen molar-refractivity contribution in [2.75, 3.05) is 33.0 Å². The molecule has 0 aliphatic carbocycles. The molecule has 3 aliphatic heterocycles. The number of carbonyl (C=O) groups excluding carboxylic acids is 1. The van der Waals surface area contributed by atoms with E-state index in [-0.39, 0.29) is 5.91 Å². The van der Waals surface area contributed by atoms with E-state index in [4.69, 9.17) is 25.8 Å². The minimum Gasteiger partial charge on any atom is -0.489 e. The molecule has 25 heavy (non-hydrogen) atoms. The second kappa shape index (κ2) is 7.42. The summed E-state index contributed by atoms with van der Waals surface area (Å²) in [6, 6.07) is 4.06. The molecule has 2 saturated heterocycles. The van der Waals surface area contributed by atoms with Crippen LogP contribution in [0.3, 0.4) is 0 Å². The van der Waals surface area contributed by atoms with Gasteiger partial charge in [-0.2, -0.15) is 0 Å². The summed E-state index contributed by atoms with van der Waals surface area (Å²) < 4.78 is 17.0. The molecule has 0 aromatic heterocycles. The van der Waals surface area contributed by atoms with Crippen LogP contribution in [0.15, 0.2) is 12.1 Å². The highest BCUT2D eigenvalue weighted by atomic mass is 35.5. The number of halogens is 1. The van der Waals surface area contributed by atoms with Gasteiger partial charge in [0.2, 0.25) is 5.91 Å². The highest BCUT2D eigenvalue weighted by molar-refractivity contribution is 6.32. The first kappa shape index (κ1) is 17.0. The number of rotatable bonds is 2. The molecule has 0 unspecified atom stereocenters. The third-order valence-electron chi connectivity index (χ3n) is 5.35. The van der Waals surface area contributed by atoms with Gasteiger partial charge in [-0.25, -0.2) is 0 Å². The molecule has 0 radical (unpaired) electrons. The lowest BCUT2D eigenvalue weighted by Gasteiger charge is -2.44. The number of likely N-dealkylation sites (tertiary alicyclic amines) is 1. The van der Waals surface area contributed by atoms with Crippen molar-refractivity contribution < 1.29 is 19.0 Å². The number of nitrogens with zero attached hydrogens (tertiary/aromatic N) is 1. The molecule has 1 aromatic carbocycles. The minimum absolute atomic E-state index is 0.169. The van der Waals surface area contributed by atoms with Crippen LogP contribution in [0.2, 0.25) is 5.02 Å². The number of hydrogen-bond acceptors (Lipinski definition) is 4. The van der Waals surface area contributed by atoms with E-state index in [0.29, 0.717) is 48.1 Å². The van der Waals surface area contributed by atoms with Gasteiger partial charge in [-0.05, 0) is 37.0 Å². The van der Waals surface area contributed by atoms with Gasteiger partial charge in [-0.15, -0.1) is 0 Å². The number of fused-ring (bicyclic) bond motifs is 2. The SMILES string of the molecule is O=C(Cc1cc(Cl)c2c(c1)OCCCO2)N1CCC[C@@H]2COCC[C@H]21. The second-order valence-corrected chi connectivity index (χ2v) is 7.46. The molecule has 3 heterocycles. The normalized spacial score (nSPS) is 25.9. The molecule has 3 aliphatic rings. The summed E-state index contributed by atoms with van der Waals surface area (Å²) in [4.78, 5) is 15.0. The van der Waals surface area contributed by atoms with Crippen molar-refractivity contribution in [2.24, 2.45) is 5.92 Å². The summed E-state index contributed by atoms with van der Waals surface area (Å²) in [5, 5.41) is 0.518. The molecule has 1 aromatic rings. The van der Waals surface area contributed by atoms with E-state index in [1.54, 1.807) is 0 Å². The van der Waals surface area contributed by atoms with E-state index < -0.39 is 0 Å². The summed E-state index contributed by atoms with van der Waals surface area (Å²) in [6.07, 6.45) is 4.33. The Labute approximate surface area is 153 Å². The molecule has 5 nitrogen and oxygen atoms in total.